The lowest BCUT2D eigenvalue weighted by Gasteiger charge is -1.93. The van der Waals surface area contributed by atoms with Gasteiger partial charge in [0.15, 0.2) is 5.78 Å². The van der Waals surface area contributed by atoms with Crippen LogP contribution in [0.3, 0.4) is 0 Å². The summed E-state index contributed by atoms with van der Waals surface area (Å²) in [4.78, 5) is 32.5. The van der Waals surface area contributed by atoms with E-state index in [0.717, 1.165) is 11.3 Å². The Kier molecular flexibility index (Phi) is 4.53. The number of allylic oxidation sites excluding steroid dienone is 1. The summed E-state index contributed by atoms with van der Waals surface area (Å²) in [5, 5.41) is 10.4. The van der Waals surface area contributed by atoms with Crippen LogP contribution < -0.4 is 0 Å². The third-order valence-electron chi connectivity index (χ3n) is 1.77. The van der Waals surface area contributed by atoms with Gasteiger partial charge in [0.25, 0.3) is 0 Å². The Labute approximate surface area is 101 Å². The fourth-order valence-electron chi connectivity index (χ4n) is 0.978. The number of carbonyl (C=O) groups is 2. The van der Waals surface area contributed by atoms with Crippen molar-refractivity contribution in [3.63, 3.8) is 0 Å². The smallest absolute Gasteiger partial charge is 0.324 e. The van der Waals surface area contributed by atoms with Crippen molar-refractivity contribution in [1.82, 2.24) is 0 Å². The molecular formula is C10H9NO5S. The second kappa shape index (κ2) is 5.90. The van der Waals surface area contributed by atoms with Crippen LogP contribution >= 0.6 is 11.3 Å². The van der Waals surface area contributed by atoms with Crippen molar-refractivity contribution >= 4 is 34.2 Å². The molecule has 17 heavy (non-hydrogen) atoms. The predicted octanol–water partition coefficient (Wildman–Crippen LogP) is 1.80. The first-order valence-corrected chi connectivity index (χ1v) is 5.36. The highest BCUT2D eigenvalue weighted by molar-refractivity contribution is 7.16. The molecule has 1 aromatic heterocycles. The number of hydrogen-bond acceptors (Lipinski definition) is 6. The lowest BCUT2D eigenvalue weighted by molar-refractivity contribution is -0.380. The molecule has 0 N–H and O–H groups in total. The van der Waals surface area contributed by atoms with Gasteiger partial charge < -0.3 is 4.74 Å². The van der Waals surface area contributed by atoms with E-state index in [1.807, 2.05) is 0 Å². The molecule has 1 aromatic rings. The number of methoxy groups -OCH3 is 1. The van der Waals surface area contributed by atoms with Gasteiger partial charge in [-0.05, 0) is 18.2 Å². The highest BCUT2D eigenvalue weighted by atomic mass is 32.1. The molecule has 0 spiro atoms. The number of thiophene rings is 1. The van der Waals surface area contributed by atoms with Crippen LogP contribution in [0, 0.1) is 10.1 Å². The summed E-state index contributed by atoms with van der Waals surface area (Å²) in [6.45, 7) is 0. The molecule has 0 aliphatic rings. The Morgan fingerprint density at radius 2 is 2.24 bits per heavy atom. The third-order valence-corrected chi connectivity index (χ3v) is 2.77. The first-order valence-electron chi connectivity index (χ1n) is 4.55. The van der Waals surface area contributed by atoms with Gasteiger partial charge in [0.1, 0.15) is 6.42 Å². The standard InChI is InChI=1S/C10H9NO5S/c1-16-10(13)6-7(12)2-3-8-4-5-9(17-8)11(14)15/h2-5H,6H2,1H3. The van der Waals surface area contributed by atoms with Gasteiger partial charge in [0.2, 0.25) is 0 Å². The maximum absolute atomic E-state index is 11.2. The van der Waals surface area contributed by atoms with Crippen LogP contribution in [0.2, 0.25) is 0 Å². The van der Waals surface area contributed by atoms with Crippen LogP contribution in [0.4, 0.5) is 5.00 Å². The third kappa shape index (κ3) is 4.15. The summed E-state index contributed by atoms with van der Waals surface area (Å²) in [6, 6.07) is 2.89. The Balaban J connectivity index is 2.61. The summed E-state index contributed by atoms with van der Waals surface area (Å²) in [5.74, 6) is -1.02. The van der Waals surface area contributed by atoms with Gasteiger partial charge in [-0.1, -0.05) is 11.3 Å². The average Bonchev–Trinajstić information content (AvgIpc) is 2.75. The second-order valence-electron chi connectivity index (χ2n) is 2.99. The Morgan fingerprint density at radius 1 is 1.53 bits per heavy atom. The van der Waals surface area contributed by atoms with Crippen LogP contribution in [0.25, 0.3) is 6.08 Å². The van der Waals surface area contributed by atoms with Crippen molar-refractivity contribution in [1.29, 1.82) is 0 Å². The van der Waals surface area contributed by atoms with Crippen molar-refractivity contribution < 1.29 is 19.2 Å². The quantitative estimate of drug-likeness (QED) is 0.263. The van der Waals surface area contributed by atoms with E-state index in [4.69, 9.17) is 0 Å². The molecule has 0 atom stereocenters. The van der Waals surface area contributed by atoms with Crippen LogP contribution in [0.5, 0.6) is 0 Å². The Bertz CT molecular complexity index is 477. The molecule has 6 nitrogen and oxygen atoms in total. The van der Waals surface area contributed by atoms with E-state index in [2.05, 4.69) is 4.74 Å². The molecule has 0 saturated carbocycles. The minimum atomic E-state index is -0.614. The molecule has 7 heteroatoms. The number of esters is 1. The Morgan fingerprint density at radius 3 is 2.76 bits per heavy atom. The molecule has 90 valence electrons. The van der Waals surface area contributed by atoms with Gasteiger partial charge in [0, 0.05) is 10.9 Å². The van der Waals surface area contributed by atoms with Gasteiger partial charge in [-0.3, -0.25) is 19.7 Å². The summed E-state index contributed by atoms with van der Waals surface area (Å²) in [6.07, 6.45) is 2.30. The fraction of sp³-hybridized carbons (Fsp3) is 0.200. The normalized spacial score (nSPS) is 10.4. The molecule has 0 fully saturated rings. The predicted molar refractivity (Wildman–Crippen MR) is 61.6 cm³/mol. The van der Waals surface area contributed by atoms with Crippen molar-refractivity contribution in [2.45, 2.75) is 6.42 Å². The largest absolute Gasteiger partial charge is 0.469 e. The zero-order valence-electron chi connectivity index (χ0n) is 8.91. The monoisotopic (exact) mass is 255 g/mol. The molecule has 0 aliphatic carbocycles. The summed E-state index contributed by atoms with van der Waals surface area (Å²) < 4.78 is 4.33. The number of ether oxygens (including phenoxy) is 1. The Hall–Kier alpha value is -2.02. The maximum atomic E-state index is 11.2. The molecule has 0 aliphatic heterocycles. The summed E-state index contributed by atoms with van der Waals surface area (Å²) >= 11 is 0.953. The molecule has 0 amide bonds. The zero-order chi connectivity index (χ0) is 12.8. The van der Waals surface area contributed by atoms with E-state index in [1.165, 1.54) is 31.4 Å². The van der Waals surface area contributed by atoms with E-state index < -0.39 is 16.7 Å². The molecule has 1 rings (SSSR count). The molecule has 0 radical (unpaired) electrons. The number of hydrogen-bond donors (Lipinski definition) is 0. The van der Waals surface area contributed by atoms with E-state index in [1.54, 1.807) is 0 Å². The van der Waals surface area contributed by atoms with Crippen molar-refractivity contribution in [3.8, 4) is 0 Å². The number of nitrogens with zero attached hydrogens (tertiary/aromatic N) is 1. The van der Waals surface area contributed by atoms with Gasteiger partial charge in [-0.2, -0.15) is 0 Å². The summed E-state index contributed by atoms with van der Waals surface area (Å²) in [5.41, 5.74) is 0. The van der Waals surface area contributed by atoms with Crippen molar-refractivity contribution in [2.75, 3.05) is 7.11 Å². The van der Waals surface area contributed by atoms with Gasteiger partial charge in [0.05, 0.1) is 12.0 Å². The number of rotatable bonds is 5. The first kappa shape index (κ1) is 13.0. The molecule has 1 heterocycles. The van der Waals surface area contributed by atoms with Crippen molar-refractivity contribution in [3.05, 3.63) is 33.2 Å². The SMILES string of the molecule is COC(=O)CC(=O)C=Cc1ccc([N+](=O)[O-])s1. The van der Waals surface area contributed by atoms with Crippen LogP contribution in [-0.4, -0.2) is 23.8 Å². The van der Waals surface area contributed by atoms with Crippen LogP contribution in [-0.2, 0) is 14.3 Å². The lowest BCUT2D eigenvalue weighted by Crippen LogP contribution is -2.06. The van der Waals surface area contributed by atoms with E-state index >= 15 is 0 Å². The van der Waals surface area contributed by atoms with Crippen LogP contribution in [0.15, 0.2) is 18.2 Å². The zero-order valence-corrected chi connectivity index (χ0v) is 9.73. The first-order chi connectivity index (χ1) is 8.02. The lowest BCUT2D eigenvalue weighted by atomic mass is 10.2. The second-order valence-corrected chi connectivity index (χ2v) is 4.08. The average molecular weight is 255 g/mol. The topological polar surface area (TPSA) is 86.5 Å². The molecule has 0 unspecified atom stereocenters. The number of nitro groups is 1. The fourth-order valence-corrected chi connectivity index (χ4v) is 1.70. The minimum Gasteiger partial charge on any atom is -0.469 e. The molecule has 0 aromatic carbocycles. The van der Waals surface area contributed by atoms with Crippen LogP contribution in [0.1, 0.15) is 11.3 Å². The van der Waals surface area contributed by atoms with Gasteiger partial charge >= 0.3 is 11.0 Å². The van der Waals surface area contributed by atoms with E-state index in [9.17, 15) is 19.7 Å². The summed E-state index contributed by atoms with van der Waals surface area (Å²) in [7, 11) is 1.20. The maximum Gasteiger partial charge on any atom is 0.324 e. The van der Waals surface area contributed by atoms with Crippen molar-refractivity contribution in [2.24, 2.45) is 0 Å². The molecule has 0 bridgehead atoms. The van der Waals surface area contributed by atoms with Gasteiger partial charge in [-0.15, -0.1) is 0 Å². The number of carbonyl (C=O) groups excluding carboxylic acids is 2. The molecule has 0 saturated heterocycles. The van der Waals surface area contributed by atoms with E-state index in [-0.39, 0.29) is 11.4 Å². The van der Waals surface area contributed by atoms with E-state index in [0.29, 0.717) is 4.88 Å². The number of ketones is 1. The molecular weight excluding hydrogens is 246 g/mol. The highest BCUT2D eigenvalue weighted by Crippen LogP contribution is 2.24. The van der Waals surface area contributed by atoms with Gasteiger partial charge in [-0.25, -0.2) is 0 Å². The minimum absolute atomic E-state index is 0.00469. The highest BCUT2D eigenvalue weighted by Gasteiger charge is 2.09.